The second-order valence-corrected chi connectivity index (χ2v) is 3.99. The molecule has 0 heterocycles. The molecule has 0 aliphatic rings. The first kappa shape index (κ1) is 12.9. The molecule has 2 heteroatoms. The van der Waals surface area contributed by atoms with Crippen molar-refractivity contribution in [1.29, 1.82) is 0 Å². The van der Waals surface area contributed by atoms with E-state index in [1.54, 1.807) is 0 Å². The van der Waals surface area contributed by atoms with Crippen LogP contribution in [0.1, 0.15) is 40.0 Å². The molecule has 0 aromatic carbocycles. The van der Waals surface area contributed by atoms with E-state index < -0.39 is 0 Å². The van der Waals surface area contributed by atoms with Gasteiger partial charge in [0, 0.05) is 13.1 Å². The summed E-state index contributed by atoms with van der Waals surface area (Å²) in [6.45, 7) is 11.2. The molecular weight excluding hydrogens is 160 g/mol. The summed E-state index contributed by atoms with van der Waals surface area (Å²) in [4.78, 5) is 0. The zero-order chi connectivity index (χ0) is 9.94. The molecule has 80 valence electrons. The van der Waals surface area contributed by atoms with Gasteiger partial charge in [-0.25, -0.2) is 0 Å². The molecule has 2 nitrogen and oxygen atoms in total. The van der Waals surface area contributed by atoms with Crippen molar-refractivity contribution in [1.82, 2.24) is 10.6 Å². The van der Waals surface area contributed by atoms with Crippen molar-refractivity contribution in [3.8, 4) is 0 Å². The number of rotatable bonds is 9. The number of nitrogens with one attached hydrogen (secondary N) is 2. The predicted octanol–water partition coefficient (Wildman–Crippen LogP) is 2.01. The van der Waals surface area contributed by atoms with E-state index in [1.807, 2.05) is 0 Å². The van der Waals surface area contributed by atoms with Crippen molar-refractivity contribution < 1.29 is 0 Å². The Bertz CT molecular complexity index is 92.1. The van der Waals surface area contributed by atoms with Gasteiger partial charge in [-0.3, -0.25) is 0 Å². The van der Waals surface area contributed by atoms with Crippen LogP contribution in [0.3, 0.4) is 0 Å². The Morgan fingerprint density at radius 1 is 0.923 bits per heavy atom. The zero-order valence-corrected chi connectivity index (χ0v) is 9.53. The largest absolute Gasteiger partial charge is 0.316 e. The number of hydrogen-bond donors (Lipinski definition) is 2. The fourth-order valence-corrected chi connectivity index (χ4v) is 1.28. The third kappa shape index (κ3) is 11.9. The van der Waals surface area contributed by atoms with Crippen LogP contribution in [-0.2, 0) is 0 Å². The Morgan fingerprint density at radius 3 is 2.23 bits per heavy atom. The molecule has 0 aliphatic carbocycles. The molecular formula is C11H26N2. The van der Waals surface area contributed by atoms with Crippen LogP contribution in [0.5, 0.6) is 0 Å². The first-order chi connectivity index (χ1) is 6.27. The van der Waals surface area contributed by atoms with E-state index in [-0.39, 0.29) is 0 Å². The SMILES string of the molecule is CCNCCNCCCCC(C)C. The summed E-state index contributed by atoms with van der Waals surface area (Å²) in [5, 5.41) is 6.73. The molecule has 0 rings (SSSR count). The molecule has 0 spiro atoms. The Labute approximate surface area is 83.5 Å². The molecule has 0 saturated heterocycles. The van der Waals surface area contributed by atoms with Crippen LogP contribution < -0.4 is 10.6 Å². The fraction of sp³-hybridized carbons (Fsp3) is 1.00. The van der Waals surface area contributed by atoms with Crippen molar-refractivity contribution in [2.24, 2.45) is 5.92 Å². The minimum absolute atomic E-state index is 0.863. The maximum atomic E-state index is 3.43. The first-order valence-electron chi connectivity index (χ1n) is 5.68. The molecule has 0 saturated carbocycles. The summed E-state index contributed by atoms with van der Waals surface area (Å²) < 4.78 is 0. The van der Waals surface area contributed by atoms with Gasteiger partial charge in [0.25, 0.3) is 0 Å². The second-order valence-electron chi connectivity index (χ2n) is 3.99. The predicted molar refractivity (Wildman–Crippen MR) is 60.1 cm³/mol. The topological polar surface area (TPSA) is 24.1 Å². The van der Waals surface area contributed by atoms with E-state index in [0.29, 0.717) is 0 Å². The quantitative estimate of drug-likeness (QED) is 0.538. The lowest BCUT2D eigenvalue weighted by Crippen LogP contribution is -2.27. The van der Waals surface area contributed by atoms with Gasteiger partial charge < -0.3 is 10.6 Å². The molecule has 0 amide bonds. The molecule has 0 atom stereocenters. The first-order valence-corrected chi connectivity index (χ1v) is 5.68. The molecule has 0 fully saturated rings. The van der Waals surface area contributed by atoms with Crippen LogP contribution in [0, 0.1) is 5.92 Å². The summed E-state index contributed by atoms with van der Waals surface area (Å²) in [6.07, 6.45) is 4.06. The molecule has 13 heavy (non-hydrogen) atoms. The fourth-order valence-electron chi connectivity index (χ4n) is 1.28. The van der Waals surface area contributed by atoms with Crippen molar-refractivity contribution in [3.63, 3.8) is 0 Å². The third-order valence-electron chi connectivity index (χ3n) is 2.11. The third-order valence-corrected chi connectivity index (χ3v) is 2.11. The highest BCUT2D eigenvalue weighted by atomic mass is 14.9. The van der Waals surface area contributed by atoms with Gasteiger partial charge in [0.1, 0.15) is 0 Å². The molecule has 0 unspecified atom stereocenters. The van der Waals surface area contributed by atoms with Crippen LogP contribution in [0.15, 0.2) is 0 Å². The Morgan fingerprint density at radius 2 is 1.62 bits per heavy atom. The smallest absolute Gasteiger partial charge is 0.00767 e. The molecule has 0 aliphatic heterocycles. The van der Waals surface area contributed by atoms with Gasteiger partial charge in [0.2, 0.25) is 0 Å². The van der Waals surface area contributed by atoms with Crippen LogP contribution in [0.2, 0.25) is 0 Å². The van der Waals surface area contributed by atoms with Crippen molar-refractivity contribution in [2.75, 3.05) is 26.2 Å². The summed E-state index contributed by atoms with van der Waals surface area (Å²) in [6, 6.07) is 0. The van der Waals surface area contributed by atoms with Gasteiger partial charge in [-0.1, -0.05) is 33.6 Å². The lowest BCUT2D eigenvalue weighted by atomic mass is 10.1. The van der Waals surface area contributed by atoms with E-state index in [9.17, 15) is 0 Å². The maximum Gasteiger partial charge on any atom is 0.00767 e. The monoisotopic (exact) mass is 186 g/mol. The van der Waals surface area contributed by atoms with Gasteiger partial charge in [-0.15, -0.1) is 0 Å². The summed E-state index contributed by atoms with van der Waals surface area (Å²) in [5.74, 6) is 0.863. The molecule has 0 aromatic rings. The number of likely N-dealkylation sites (N-methyl/N-ethyl adjacent to an activating group) is 1. The van der Waals surface area contributed by atoms with Gasteiger partial charge in [0.15, 0.2) is 0 Å². The normalized spacial score (nSPS) is 11.1. The second kappa shape index (κ2) is 10.0. The average Bonchev–Trinajstić information content (AvgIpc) is 2.09. The highest BCUT2D eigenvalue weighted by Crippen LogP contribution is 2.04. The van der Waals surface area contributed by atoms with E-state index in [0.717, 1.165) is 25.6 Å². The van der Waals surface area contributed by atoms with Gasteiger partial charge in [0.05, 0.1) is 0 Å². The van der Waals surface area contributed by atoms with Crippen molar-refractivity contribution in [2.45, 2.75) is 40.0 Å². The zero-order valence-electron chi connectivity index (χ0n) is 9.53. The number of hydrogen-bond acceptors (Lipinski definition) is 2. The average molecular weight is 186 g/mol. The Balaban J connectivity index is 2.84. The summed E-state index contributed by atoms with van der Waals surface area (Å²) >= 11 is 0. The van der Waals surface area contributed by atoms with E-state index in [1.165, 1.54) is 25.8 Å². The van der Waals surface area contributed by atoms with Gasteiger partial charge in [-0.05, 0) is 25.4 Å². The van der Waals surface area contributed by atoms with Crippen LogP contribution in [0.25, 0.3) is 0 Å². The maximum absolute atomic E-state index is 3.43. The standard InChI is InChI=1S/C11H26N2/c1-4-12-9-10-13-8-6-5-7-11(2)3/h11-13H,4-10H2,1-3H3. The summed E-state index contributed by atoms with van der Waals surface area (Å²) in [7, 11) is 0. The van der Waals surface area contributed by atoms with Crippen LogP contribution in [0.4, 0.5) is 0 Å². The van der Waals surface area contributed by atoms with Gasteiger partial charge in [-0.2, -0.15) is 0 Å². The van der Waals surface area contributed by atoms with Crippen LogP contribution in [-0.4, -0.2) is 26.2 Å². The lowest BCUT2D eigenvalue weighted by Gasteiger charge is -2.06. The van der Waals surface area contributed by atoms with Crippen LogP contribution >= 0.6 is 0 Å². The summed E-state index contributed by atoms with van der Waals surface area (Å²) in [5.41, 5.74) is 0. The molecule has 0 bridgehead atoms. The van der Waals surface area contributed by atoms with E-state index >= 15 is 0 Å². The van der Waals surface area contributed by atoms with E-state index in [2.05, 4.69) is 31.4 Å². The molecule has 0 radical (unpaired) electrons. The van der Waals surface area contributed by atoms with Crippen molar-refractivity contribution >= 4 is 0 Å². The Hall–Kier alpha value is -0.0800. The Kier molecular flexibility index (Phi) is 9.94. The number of unbranched alkanes of at least 4 members (excludes halogenated alkanes) is 1. The van der Waals surface area contributed by atoms with E-state index in [4.69, 9.17) is 0 Å². The van der Waals surface area contributed by atoms with Gasteiger partial charge >= 0.3 is 0 Å². The molecule has 0 aromatic heterocycles. The minimum Gasteiger partial charge on any atom is -0.316 e. The molecule has 2 N–H and O–H groups in total. The minimum atomic E-state index is 0.863. The lowest BCUT2D eigenvalue weighted by molar-refractivity contribution is 0.517. The highest BCUT2D eigenvalue weighted by Gasteiger charge is 1.93. The van der Waals surface area contributed by atoms with Crippen molar-refractivity contribution in [3.05, 3.63) is 0 Å². The highest BCUT2D eigenvalue weighted by molar-refractivity contribution is 4.52.